The molecule has 0 saturated carbocycles. The third-order valence-electron chi connectivity index (χ3n) is 6.20. The highest BCUT2D eigenvalue weighted by atomic mass is 19.4. The molecule has 1 aromatic heterocycles. The molecular formula is C28H21F3N2O2. The fourth-order valence-corrected chi connectivity index (χ4v) is 4.46. The Bertz CT molecular complexity index is 1550. The van der Waals surface area contributed by atoms with Crippen LogP contribution in [0.4, 0.5) is 13.2 Å². The molecule has 4 nitrogen and oxygen atoms in total. The molecule has 5 rings (SSSR count). The number of hydrogen-bond acceptors (Lipinski definition) is 2. The van der Waals surface area contributed by atoms with E-state index in [0.717, 1.165) is 50.8 Å². The van der Waals surface area contributed by atoms with Gasteiger partial charge in [0.25, 0.3) is 0 Å². The zero-order valence-corrected chi connectivity index (χ0v) is 18.8. The summed E-state index contributed by atoms with van der Waals surface area (Å²) in [5, 5.41) is 1.57. The van der Waals surface area contributed by atoms with Gasteiger partial charge >= 0.3 is 6.18 Å². The Morgan fingerprint density at radius 2 is 1.57 bits per heavy atom. The van der Waals surface area contributed by atoms with Crippen molar-refractivity contribution in [3.8, 4) is 16.9 Å². The van der Waals surface area contributed by atoms with E-state index in [1.54, 1.807) is 19.2 Å². The van der Waals surface area contributed by atoms with E-state index in [1.807, 2.05) is 53.1 Å². The van der Waals surface area contributed by atoms with Crippen LogP contribution in [0.2, 0.25) is 0 Å². The molecule has 0 aliphatic heterocycles. The Labute approximate surface area is 199 Å². The minimum absolute atomic E-state index is 0.326. The Kier molecular flexibility index (Phi) is 5.47. The maximum absolute atomic E-state index is 13.0. The van der Waals surface area contributed by atoms with E-state index >= 15 is 0 Å². The van der Waals surface area contributed by atoms with Crippen molar-refractivity contribution >= 4 is 27.7 Å². The first-order chi connectivity index (χ1) is 16.8. The fraction of sp³-hybridized carbons (Fsp3) is 0.107. The predicted molar refractivity (Wildman–Crippen MR) is 130 cm³/mol. The van der Waals surface area contributed by atoms with Gasteiger partial charge in [-0.25, -0.2) is 0 Å². The highest BCUT2D eigenvalue weighted by Gasteiger charge is 2.30. The lowest BCUT2D eigenvalue weighted by atomic mass is 10.0. The van der Waals surface area contributed by atoms with Gasteiger partial charge in [0, 0.05) is 22.9 Å². The molecule has 0 unspecified atom stereocenters. The number of rotatable bonds is 5. The average Bonchev–Trinajstić information content (AvgIpc) is 3.16. The van der Waals surface area contributed by atoms with Gasteiger partial charge in [-0.3, -0.25) is 4.79 Å². The topological polar surface area (TPSA) is 57.2 Å². The van der Waals surface area contributed by atoms with Crippen LogP contribution < -0.4 is 10.5 Å². The third-order valence-corrected chi connectivity index (χ3v) is 6.20. The molecule has 0 aliphatic carbocycles. The van der Waals surface area contributed by atoms with Crippen molar-refractivity contribution in [2.45, 2.75) is 12.7 Å². The largest absolute Gasteiger partial charge is 0.497 e. The maximum atomic E-state index is 13.0. The van der Waals surface area contributed by atoms with Gasteiger partial charge in [0.2, 0.25) is 5.91 Å². The molecule has 4 aromatic carbocycles. The van der Waals surface area contributed by atoms with Gasteiger partial charge in [0.05, 0.1) is 23.7 Å². The summed E-state index contributed by atoms with van der Waals surface area (Å²) in [4.78, 5) is 12.2. The highest BCUT2D eigenvalue weighted by molar-refractivity contribution is 6.18. The van der Waals surface area contributed by atoms with Crippen molar-refractivity contribution in [1.82, 2.24) is 4.57 Å². The normalized spacial score (nSPS) is 11.8. The number of fused-ring (bicyclic) bond motifs is 3. The number of carbonyl (C=O) groups excluding carboxylic acids is 1. The van der Waals surface area contributed by atoms with Crippen LogP contribution in [0.25, 0.3) is 32.9 Å². The van der Waals surface area contributed by atoms with Crippen LogP contribution in [0.3, 0.4) is 0 Å². The number of nitrogens with zero attached hydrogens (tertiary/aromatic N) is 1. The number of aromatic nitrogens is 1. The number of amides is 1. The van der Waals surface area contributed by atoms with Crippen molar-refractivity contribution in [1.29, 1.82) is 0 Å². The minimum Gasteiger partial charge on any atom is -0.497 e. The Morgan fingerprint density at radius 3 is 2.20 bits per heavy atom. The Morgan fingerprint density at radius 1 is 0.886 bits per heavy atom. The Balaban J connectivity index is 1.70. The van der Waals surface area contributed by atoms with E-state index in [-0.39, 0.29) is 0 Å². The number of methoxy groups -OCH3 is 1. The van der Waals surface area contributed by atoms with Gasteiger partial charge in [-0.05, 0) is 59.2 Å². The van der Waals surface area contributed by atoms with E-state index in [4.69, 9.17) is 10.5 Å². The second kappa shape index (κ2) is 8.51. The number of primary amides is 1. The predicted octanol–water partition coefficient (Wildman–Crippen LogP) is 6.64. The lowest BCUT2D eigenvalue weighted by molar-refractivity contribution is -0.137. The summed E-state index contributed by atoms with van der Waals surface area (Å²) in [5.74, 6) is 0.209. The zero-order valence-electron chi connectivity index (χ0n) is 18.8. The van der Waals surface area contributed by atoms with Gasteiger partial charge in [0.1, 0.15) is 5.75 Å². The molecule has 0 saturated heterocycles. The van der Waals surface area contributed by atoms with Gasteiger partial charge in [-0.15, -0.1) is 0 Å². The smallest absolute Gasteiger partial charge is 0.416 e. The summed E-state index contributed by atoms with van der Waals surface area (Å²) in [6.45, 7) is 0.326. The van der Waals surface area contributed by atoms with Crippen LogP contribution >= 0.6 is 0 Å². The van der Waals surface area contributed by atoms with E-state index in [0.29, 0.717) is 17.7 Å². The maximum Gasteiger partial charge on any atom is 0.416 e. The van der Waals surface area contributed by atoms with Crippen LogP contribution in [-0.4, -0.2) is 17.6 Å². The number of benzene rings is 4. The van der Waals surface area contributed by atoms with Crippen LogP contribution in [0.15, 0.2) is 84.9 Å². The van der Waals surface area contributed by atoms with Crippen molar-refractivity contribution in [3.05, 3.63) is 102 Å². The standard InChI is InChI=1S/C28H21F3N2O2/c1-35-21-12-7-18(8-13-21)19-9-14-22-25(15-19)33(24-4-2-3-23(26(22)24)27(32)34)16-17-5-10-20(11-6-17)28(29,30)31/h2-15H,16H2,1H3,(H2,32,34). The molecule has 7 heteroatoms. The van der Waals surface area contributed by atoms with E-state index in [9.17, 15) is 18.0 Å². The third kappa shape index (κ3) is 4.10. The average molecular weight is 474 g/mol. The van der Waals surface area contributed by atoms with Crippen molar-refractivity contribution in [2.75, 3.05) is 7.11 Å². The van der Waals surface area contributed by atoms with Crippen molar-refractivity contribution in [3.63, 3.8) is 0 Å². The molecule has 0 aliphatic rings. The monoisotopic (exact) mass is 474 g/mol. The molecule has 1 heterocycles. The first-order valence-corrected chi connectivity index (χ1v) is 10.9. The van der Waals surface area contributed by atoms with Crippen LogP contribution in [0.5, 0.6) is 5.75 Å². The molecule has 0 atom stereocenters. The molecule has 5 aromatic rings. The lowest BCUT2D eigenvalue weighted by Crippen LogP contribution is -2.11. The van der Waals surface area contributed by atoms with Crippen LogP contribution in [-0.2, 0) is 12.7 Å². The number of nitrogens with two attached hydrogens (primary N) is 1. The minimum atomic E-state index is -4.39. The number of ether oxygens (including phenoxy) is 1. The summed E-state index contributed by atoms with van der Waals surface area (Å²) in [6.07, 6.45) is -4.39. The molecule has 0 fully saturated rings. The van der Waals surface area contributed by atoms with Gasteiger partial charge in [0.15, 0.2) is 0 Å². The molecule has 0 bridgehead atoms. The van der Waals surface area contributed by atoms with E-state index in [2.05, 4.69) is 0 Å². The quantitative estimate of drug-likeness (QED) is 0.311. The van der Waals surface area contributed by atoms with E-state index < -0.39 is 17.6 Å². The number of hydrogen-bond donors (Lipinski definition) is 1. The van der Waals surface area contributed by atoms with Gasteiger partial charge < -0.3 is 15.0 Å². The van der Waals surface area contributed by atoms with Crippen molar-refractivity contribution in [2.24, 2.45) is 5.73 Å². The number of halogens is 3. The summed E-state index contributed by atoms with van der Waals surface area (Å²) in [7, 11) is 1.61. The molecular weight excluding hydrogens is 453 g/mol. The van der Waals surface area contributed by atoms with E-state index in [1.165, 1.54) is 12.1 Å². The highest BCUT2D eigenvalue weighted by Crippen LogP contribution is 2.36. The first kappa shape index (κ1) is 22.5. The molecule has 176 valence electrons. The number of alkyl halides is 3. The summed E-state index contributed by atoms with van der Waals surface area (Å²) >= 11 is 0. The second-order valence-corrected chi connectivity index (χ2v) is 8.31. The number of carbonyl (C=O) groups is 1. The Hall–Kier alpha value is -4.26. The van der Waals surface area contributed by atoms with Crippen LogP contribution in [0.1, 0.15) is 21.5 Å². The SMILES string of the molecule is COc1ccc(-c2ccc3c4c(C(N)=O)cccc4n(Cc4ccc(C(F)(F)F)cc4)c3c2)cc1. The van der Waals surface area contributed by atoms with Gasteiger partial charge in [-0.1, -0.05) is 42.5 Å². The lowest BCUT2D eigenvalue weighted by Gasteiger charge is -2.11. The van der Waals surface area contributed by atoms with Gasteiger partial charge in [-0.2, -0.15) is 13.2 Å². The molecule has 0 spiro atoms. The van der Waals surface area contributed by atoms with Crippen LogP contribution in [0, 0.1) is 0 Å². The molecule has 2 N–H and O–H groups in total. The summed E-state index contributed by atoms with van der Waals surface area (Å²) in [6, 6.07) is 24.1. The molecule has 35 heavy (non-hydrogen) atoms. The molecule has 0 radical (unpaired) electrons. The van der Waals surface area contributed by atoms with Crippen molar-refractivity contribution < 1.29 is 22.7 Å². The second-order valence-electron chi connectivity index (χ2n) is 8.31. The molecule has 1 amide bonds. The summed E-state index contributed by atoms with van der Waals surface area (Å²) < 4.78 is 46.3. The fourth-order valence-electron chi connectivity index (χ4n) is 4.46. The zero-order chi connectivity index (χ0) is 24.7. The summed E-state index contributed by atoms with van der Waals surface area (Å²) in [5.41, 5.74) is 9.65. The first-order valence-electron chi connectivity index (χ1n) is 10.9.